The number of hydrogen-bond acceptors (Lipinski definition) is 4. The van der Waals surface area contributed by atoms with E-state index in [1.54, 1.807) is 24.3 Å². The summed E-state index contributed by atoms with van der Waals surface area (Å²) >= 11 is 0. The molecule has 20 heavy (non-hydrogen) atoms. The Morgan fingerprint density at radius 1 is 0.900 bits per heavy atom. The Morgan fingerprint density at radius 2 is 1.50 bits per heavy atom. The van der Waals surface area contributed by atoms with Crippen LogP contribution in [-0.4, -0.2) is 22.9 Å². The summed E-state index contributed by atoms with van der Waals surface area (Å²) in [6.45, 7) is 0.341. The third-order valence-corrected chi connectivity index (χ3v) is 3.03. The fourth-order valence-corrected chi connectivity index (χ4v) is 1.91. The first-order valence-corrected chi connectivity index (χ1v) is 6.60. The monoisotopic (exact) mass is 273 g/mol. The largest absolute Gasteiger partial charge is 0.457 e. The lowest BCUT2D eigenvalue weighted by Gasteiger charge is -2.17. The molecule has 4 nitrogen and oxygen atoms in total. The van der Waals surface area contributed by atoms with Crippen molar-refractivity contribution in [3.63, 3.8) is 0 Å². The maximum atomic E-state index is 9.95. The van der Waals surface area contributed by atoms with Gasteiger partial charge in [0, 0.05) is 0 Å². The minimum Gasteiger partial charge on any atom is -0.457 e. The molecule has 2 atom stereocenters. The molecular weight excluding hydrogens is 254 g/mol. The molecular formula is C16H19NO3. The summed E-state index contributed by atoms with van der Waals surface area (Å²) in [7, 11) is 0. The summed E-state index contributed by atoms with van der Waals surface area (Å²) in [5, 5.41) is 19.7. The van der Waals surface area contributed by atoms with Crippen LogP contribution in [0.4, 0.5) is 0 Å². The maximum absolute atomic E-state index is 9.95. The lowest BCUT2D eigenvalue weighted by molar-refractivity contribution is 0.0150. The summed E-state index contributed by atoms with van der Waals surface area (Å²) in [6, 6.07) is 16.5. The number of aliphatic hydroxyl groups excluding tert-OH is 2. The molecule has 4 N–H and O–H groups in total. The molecule has 106 valence electrons. The highest BCUT2D eigenvalue weighted by Crippen LogP contribution is 2.24. The molecule has 2 unspecified atom stereocenters. The highest BCUT2D eigenvalue weighted by Gasteiger charge is 2.17. The number of rotatable bonds is 6. The molecule has 2 rings (SSSR count). The molecule has 0 aliphatic carbocycles. The van der Waals surface area contributed by atoms with Crippen LogP contribution in [0, 0.1) is 0 Å². The van der Waals surface area contributed by atoms with Gasteiger partial charge in [-0.05, 0) is 42.8 Å². The van der Waals surface area contributed by atoms with Gasteiger partial charge in [0.2, 0.25) is 0 Å². The van der Waals surface area contributed by atoms with Gasteiger partial charge in [0.15, 0.2) is 0 Å². The minimum atomic E-state index is -0.927. The number of benzene rings is 2. The Balaban J connectivity index is 2.03. The van der Waals surface area contributed by atoms with Gasteiger partial charge in [-0.2, -0.15) is 0 Å². The zero-order chi connectivity index (χ0) is 14.4. The van der Waals surface area contributed by atoms with Gasteiger partial charge in [-0.15, -0.1) is 0 Å². The molecule has 0 fully saturated rings. The van der Waals surface area contributed by atoms with E-state index in [2.05, 4.69) is 0 Å². The standard InChI is InChI=1S/C16H19NO3/c17-11-10-15(18)16(19)12-6-8-14(9-7-12)20-13-4-2-1-3-5-13/h1-9,15-16,18-19H,10-11,17H2. The number of hydrogen-bond donors (Lipinski definition) is 3. The van der Waals surface area contributed by atoms with Crippen LogP contribution in [0.3, 0.4) is 0 Å². The molecule has 0 aliphatic heterocycles. The fourth-order valence-electron chi connectivity index (χ4n) is 1.91. The van der Waals surface area contributed by atoms with Gasteiger partial charge < -0.3 is 20.7 Å². The molecule has 4 heteroatoms. The molecule has 2 aromatic rings. The maximum Gasteiger partial charge on any atom is 0.127 e. The van der Waals surface area contributed by atoms with Crippen LogP contribution >= 0.6 is 0 Å². The van der Waals surface area contributed by atoms with Crippen LogP contribution in [0.25, 0.3) is 0 Å². The van der Waals surface area contributed by atoms with Crippen LogP contribution in [0.2, 0.25) is 0 Å². The van der Waals surface area contributed by atoms with E-state index in [0.717, 1.165) is 5.75 Å². The summed E-state index contributed by atoms with van der Waals surface area (Å²) < 4.78 is 5.66. The molecule has 0 aromatic heterocycles. The van der Waals surface area contributed by atoms with E-state index in [1.165, 1.54) is 0 Å². The second-order valence-corrected chi connectivity index (χ2v) is 4.57. The molecule has 0 amide bonds. The van der Waals surface area contributed by atoms with Gasteiger partial charge in [0.25, 0.3) is 0 Å². The molecule has 0 heterocycles. The lowest BCUT2D eigenvalue weighted by atomic mass is 10.0. The topological polar surface area (TPSA) is 75.7 Å². The Bertz CT molecular complexity index is 513. The first-order valence-electron chi connectivity index (χ1n) is 6.60. The highest BCUT2D eigenvalue weighted by atomic mass is 16.5. The van der Waals surface area contributed by atoms with Gasteiger partial charge in [-0.25, -0.2) is 0 Å². The molecule has 0 saturated carbocycles. The summed E-state index contributed by atoms with van der Waals surface area (Å²) in [4.78, 5) is 0. The van der Waals surface area contributed by atoms with Gasteiger partial charge in [0.1, 0.15) is 17.6 Å². The second-order valence-electron chi connectivity index (χ2n) is 4.57. The summed E-state index contributed by atoms with van der Waals surface area (Å²) in [5.41, 5.74) is 6.01. The van der Waals surface area contributed by atoms with Crippen LogP contribution in [0.5, 0.6) is 11.5 Å². The summed E-state index contributed by atoms with van der Waals surface area (Å²) in [6.07, 6.45) is -1.41. The van der Waals surface area contributed by atoms with E-state index >= 15 is 0 Å². The predicted octanol–water partition coefficient (Wildman–Crippen LogP) is 2.22. The van der Waals surface area contributed by atoms with Crippen LogP contribution in [-0.2, 0) is 0 Å². The first kappa shape index (κ1) is 14.5. The third kappa shape index (κ3) is 3.81. The van der Waals surface area contributed by atoms with E-state index in [9.17, 15) is 10.2 Å². The van der Waals surface area contributed by atoms with E-state index in [0.29, 0.717) is 24.3 Å². The Hall–Kier alpha value is -1.88. The van der Waals surface area contributed by atoms with Crippen molar-refractivity contribution in [3.05, 3.63) is 60.2 Å². The summed E-state index contributed by atoms with van der Waals surface area (Å²) in [5.74, 6) is 1.43. The Kier molecular flexibility index (Phi) is 5.12. The lowest BCUT2D eigenvalue weighted by Crippen LogP contribution is -2.21. The minimum absolute atomic E-state index is 0.341. The van der Waals surface area contributed by atoms with Crippen molar-refractivity contribution in [1.29, 1.82) is 0 Å². The van der Waals surface area contributed by atoms with E-state index in [4.69, 9.17) is 10.5 Å². The molecule has 0 radical (unpaired) electrons. The van der Waals surface area contributed by atoms with E-state index in [-0.39, 0.29) is 0 Å². The van der Waals surface area contributed by atoms with Crippen molar-refractivity contribution in [3.8, 4) is 11.5 Å². The Labute approximate surface area is 118 Å². The smallest absolute Gasteiger partial charge is 0.127 e. The average Bonchev–Trinajstić information content (AvgIpc) is 2.48. The SMILES string of the molecule is NCCC(O)C(O)c1ccc(Oc2ccccc2)cc1. The number of ether oxygens (including phenoxy) is 1. The molecule has 0 spiro atoms. The van der Waals surface area contributed by atoms with Crippen molar-refractivity contribution in [2.24, 2.45) is 5.73 Å². The zero-order valence-corrected chi connectivity index (χ0v) is 11.1. The van der Waals surface area contributed by atoms with Crippen LogP contribution < -0.4 is 10.5 Å². The van der Waals surface area contributed by atoms with Crippen LogP contribution in [0.1, 0.15) is 18.1 Å². The van der Waals surface area contributed by atoms with Gasteiger partial charge in [-0.1, -0.05) is 30.3 Å². The van der Waals surface area contributed by atoms with Crippen molar-refractivity contribution < 1.29 is 14.9 Å². The van der Waals surface area contributed by atoms with Crippen molar-refractivity contribution >= 4 is 0 Å². The van der Waals surface area contributed by atoms with Crippen molar-refractivity contribution in [2.45, 2.75) is 18.6 Å². The van der Waals surface area contributed by atoms with E-state index < -0.39 is 12.2 Å². The second kappa shape index (κ2) is 7.05. The number of nitrogens with two attached hydrogens (primary N) is 1. The molecule has 2 aromatic carbocycles. The number of aliphatic hydroxyl groups is 2. The van der Waals surface area contributed by atoms with Gasteiger partial charge in [-0.3, -0.25) is 0 Å². The molecule has 0 saturated heterocycles. The van der Waals surface area contributed by atoms with Gasteiger partial charge >= 0.3 is 0 Å². The van der Waals surface area contributed by atoms with Crippen molar-refractivity contribution in [2.75, 3.05) is 6.54 Å². The Morgan fingerprint density at radius 3 is 2.10 bits per heavy atom. The van der Waals surface area contributed by atoms with Gasteiger partial charge in [0.05, 0.1) is 6.10 Å². The predicted molar refractivity (Wildman–Crippen MR) is 77.6 cm³/mol. The quantitative estimate of drug-likeness (QED) is 0.754. The van der Waals surface area contributed by atoms with Crippen LogP contribution in [0.15, 0.2) is 54.6 Å². The average molecular weight is 273 g/mol. The fraction of sp³-hybridized carbons (Fsp3) is 0.250. The normalized spacial score (nSPS) is 13.8. The van der Waals surface area contributed by atoms with E-state index in [1.807, 2.05) is 30.3 Å². The molecule has 0 bridgehead atoms. The first-order chi connectivity index (χ1) is 9.70. The highest BCUT2D eigenvalue weighted by molar-refractivity contribution is 5.33. The number of para-hydroxylation sites is 1. The zero-order valence-electron chi connectivity index (χ0n) is 11.1. The van der Waals surface area contributed by atoms with Crippen molar-refractivity contribution in [1.82, 2.24) is 0 Å². The third-order valence-electron chi connectivity index (χ3n) is 3.03. The molecule has 0 aliphatic rings.